The van der Waals surface area contributed by atoms with Crippen LogP contribution in [0.1, 0.15) is 22.8 Å². The molecule has 21 heavy (non-hydrogen) atoms. The molecule has 0 aromatic heterocycles. The van der Waals surface area contributed by atoms with Gasteiger partial charge in [0.2, 0.25) is 0 Å². The number of benzene rings is 2. The Morgan fingerprint density at radius 2 is 2.10 bits per heavy atom. The molecular formula is C15H12Cl2N2O2. The summed E-state index contributed by atoms with van der Waals surface area (Å²) in [5.41, 5.74) is 8.16. The van der Waals surface area contributed by atoms with Crippen LogP contribution in [0.4, 0.5) is 0 Å². The highest BCUT2D eigenvalue weighted by Gasteiger charge is 2.27. The molecule has 0 spiro atoms. The van der Waals surface area contributed by atoms with E-state index in [0.717, 1.165) is 11.1 Å². The van der Waals surface area contributed by atoms with E-state index < -0.39 is 0 Å². The van der Waals surface area contributed by atoms with Crippen molar-refractivity contribution in [3.05, 3.63) is 63.1 Å². The molecule has 3 rings (SSSR count). The van der Waals surface area contributed by atoms with Crippen LogP contribution >= 0.6 is 23.2 Å². The maximum Gasteiger partial charge on any atom is 0.170 e. The number of fused-ring (bicyclic) bond motifs is 1. The summed E-state index contributed by atoms with van der Waals surface area (Å²) in [6.45, 7) is 0. The molecule has 0 amide bonds. The van der Waals surface area contributed by atoms with Gasteiger partial charge in [0, 0.05) is 22.6 Å². The molecule has 0 saturated carbocycles. The third-order valence-corrected chi connectivity index (χ3v) is 3.91. The van der Waals surface area contributed by atoms with E-state index >= 15 is 0 Å². The Kier molecular flexibility index (Phi) is 3.66. The minimum absolute atomic E-state index is 0.0634. The number of oxime groups is 1. The molecule has 1 heterocycles. The highest BCUT2D eigenvalue weighted by Crippen LogP contribution is 2.43. The Morgan fingerprint density at radius 1 is 1.29 bits per heavy atom. The summed E-state index contributed by atoms with van der Waals surface area (Å²) in [6.07, 6.45) is 0.511. The number of halogens is 2. The summed E-state index contributed by atoms with van der Waals surface area (Å²) < 4.78 is 5.91. The van der Waals surface area contributed by atoms with E-state index in [9.17, 15) is 0 Å². The van der Waals surface area contributed by atoms with Gasteiger partial charge in [-0.05, 0) is 23.8 Å². The number of hydrogen-bond acceptors (Lipinski definition) is 3. The summed E-state index contributed by atoms with van der Waals surface area (Å²) in [4.78, 5) is 0. The number of amidine groups is 1. The van der Waals surface area contributed by atoms with Gasteiger partial charge >= 0.3 is 0 Å². The zero-order chi connectivity index (χ0) is 15.0. The summed E-state index contributed by atoms with van der Waals surface area (Å²) in [6, 6.07) is 10.9. The van der Waals surface area contributed by atoms with E-state index in [0.29, 0.717) is 27.8 Å². The van der Waals surface area contributed by atoms with Crippen LogP contribution in [-0.2, 0) is 6.42 Å². The normalized spacial score (nSPS) is 17.4. The maximum atomic E-state index is 8.75. The third-order valence-electron chi connectivity index (χ3n) is 3.41. The molecule has 2 aromatic carbocycles. The number of rotatable bonds is 2. The van der Waals surface area contributed by atoms with Crippen molar-refractivity contribution in [1.82, 2.24) is 0 Å². The Bertz CT molecular complexity index is 732. The fourth-order valence-corrected chi connectivity index (χ4v) is 3.00. The van der Waals surface area contributed by atoms with Gasteiger partial charge in [-0.25, -0.2) is 0 Å². The molecule has 0 bridgehead atoms. The van der Waals surface area contributed by atoms with Gasteiger partial charge in [-0.15, -0.1) is 0 Å². The molecule has 1 aliphatic rings. The largest absolute Gasteiger partial charge is 0.484 e. The van der Waals surface area contributed by atoms with E-state index in [1.807, 2.05) is 24.3 Å². The number of nitrogens with two attached hydrogens (primary N) is 1. The standard InChI is InChI=1S/C15H12Cl2N2O2/c16-11-5-10-6-13(21-14(10)12(17)7-11)8-2-1-3-9(4-8)15(18)19-20/h1-5,7,13,20H,6H2,(H2,18,19). The van der Waals surface area contributed by atoms with Gasteiger partial charge < -0.3 is 15.7 Å². The molecule has 1 unspecified atom stereocenters. The second-order valence-electron chi connectivity index (χ2n) is 4.80. The quantitative estimate of drug-likeness (QED) is 0.383. The molecule has 0 radical (unpaired) electrons. The highest BCUT2D eigenvalue weighted by atomic mass is 35.5. The van der Waals surface area contributed by atoms with E-state index in [2.05, 4.69) is 5.16 Å². The summed E-state index contributed by atoms with van der Waals surface area (Å²) in [5, 5.41) is 12.9. The lowest BCUT2D eigenvalue weighted by Crippen LogP contribution is -2.14. The number of nitrogens with zero attached hydrogens (tertiary/aromatic N) is 1. The molecule has 108 valence electrons. The second kappa shape index (κ2) is 5.47. The van der Waals surface area contributed by atoms with Crippen LogP contribution in [0.3, 0.4) is 0 Å². The first-order valence-corrected chi connectivity index (χ1v) is 7.06. The summed E-state index contributed by atoms with van der Waals surface area (Å²) >= 11 is 12.2. The molecule has 0 aliphatic carbocycles. The molecule has 0 fully saturated rings. The lowest BCUT2D eigenvalue weighted by molar-refractivity contribution is 0.239. The first-order valence-electron chi connectivity index (χ1n) is 6.31. The van der Waals surface area contributed by atoms with Crippen molar-refractivity contribution >= 4 is 29.0 Å². The number of hydrogen-bond donors (Lipinski definition) is 2. The van der Waals surface area contributed by atoms with Crippen LogP contribution in [0.15, 0.2) is 41.6 Å². The number of ether oxygens (including phenoxy) is 1. The van der Waals surface area contributed by atoms with Gasteiger partial charge in [0.25, 0.3) is 0 Å². The van der Waals surface area contributed by atoms with E-state index in [4.69, 9.17) is 38.9 Å². The topological polar surface area (TPSA) is 67.8 Å². The van der Waals surface area contributed by atoms with Gasteiger partial charge in [0.05, 0.1) is 5.02 Å². The molecular weight excluding hydrogens is 311 g/mol. The Labute approximate surface area is 131 Å². The van der Waals surface area contributed by atoms with Crippen molar-refractivity contribution in [3.63, 3.8) is 0 Å². The van der Waals surface area contributed by atoms with Crippen LogP contribution < -0.4 is 10.5 Å². The van der Waals surface area contributed by atoms with Gasteiger partial charge in [0.1, 0.15) is 11.9 Å². The van der Waals surface area contributed by atoms with Gasteiger partial charge in [-0.3, -0.25) is 0 Å². The van der Waals surface area contributed by atoms with E-state index in [1.165, 1.54) is 0 Å². The van der Waals surface area contributed by atoms with Crippen LogP contribution in [0, 0.1) is 0 Å². The summed E-state index contributed by atoms with van der Waals surface area (Å²) in [5.74, 6) is 0.730. The first kappa shape index (κ1) is 14.0. The Morgan fingerprint density at radius 3 is 2.86 bits per heavy atom. The van der Waals surface area contributed by atoms with Gasteiger partial charge in [-0.1, -0.05) is 46.6 Å². The predicted molar refractivity (Wildman–Crippen MR) is 82.5 cm³/mol. The minimum Gasteiger partial charge on any atom is -0.484 e. The highest BCUT2D eigenvalue weighted by molar-refractivity contribution is 6.35. The predicted octanol–water partition coefficient (Wildman–Crippen LogP) is 3.76. The zero-order valence-electron chi connectivity index (χ0n) is 10.9. The SMILES string of the molecule is N/C(=N\O)c1cccc(C2Cc3cc(Cl)cc(Cl)c3O2)c1. The van der Waals surface area contributed by atoms with E-state index in [1.54, 1.807) is 12.1 Å². The van der Waals surface area contributed by atoms with E-state index in [-0.39, 0.29) is 11.9 Å². The fraction of sp³-hybridized carbons (Fsp3) is 0.133. The fourth-order valence-electron chi connectivity index (χ4n) is 2.42. The zero-order valence-corrected chi connectivity index (χ0v) is 12.4. The van der Waals surface area contributed by atoms with Crippen molar-refractivity contribution < 1.29 is 9.94 Å². The third kappa shape index (κ3) is 2.64. The van der Waals surface area contributed by atoms with Crippen LogP contribution in [-0.4, -0.2) is 11.0 Å². The lowest BCUT2D eigenvalue weighted by atomic mass is 10.0. The molecule has 2 aromatic rings. The van der Waals surface area contributed by atoms with Crippen molar-refractivity contribution in [3.8, 4) is 5.75 Å². The van der Waals surface area contributed by atoms with Crippen LogP contribution in [0.5, 0.6) is 5.75 Å². The molecule has 6 heteroatoms. The van der Waals surface area contributed by atoms with Crippen molar-refractivity contribution in [2.24, 2.45) is 10.9 Å². The maximum absolute atomic E-state index is 8.75. The molecule has 0 saturated heterocycles. The van der Waals surface area contributed by atoms with Gasteiger partial charge in [0.15, 0.2) is 5.84 Å². The van der Waals surface area contributed by atoms with Crippen molar-refractivity contribution in [2.45, 2.75) is 12.5 Å². The molecule has 3 N–H and O–H groups in total. The lowest BCUT2D eigenvalue weighted by Gasteiger charge is -2.12. The van der Waals surface area contributed by atoms with Crippen molar-refractivity contribution in [2.75, 3.05) is 0 Å². The summed E-state index contributed by atoms with van der Waals surface area (Å²) in [7, 11) is 0. The average Bonchev–Trinajstić information content (AvgIpc) is 2.91. The molecule has 1 atom stereocenters. The van der Waals surface area contributed by atoms with Crippen molar-refractivity contribution in [1.29, 1.82) is 0 Å². The monoisotopic (exact) mass is 322 g/mol. The molecule has 4 nitrogen and oxygen atoms in total. The average molecular weight is 323 g/mol. The Hall–Kier alpha value is -1.91. The smallest absolute Gasteiger partial charge is 0.170 e. The van der Waals surface area contributed by atoms with Crippen LogP contribution in [0.2, 0.25) is 10.0 Å². The molecule has 1 aliphatic heterocycles. The van der Waals surface area contributed by atoms with Gasteiger partial charge in [-0.2, -0.15) is 0 Å². The minimum atomic E-state index is -0.164. The Balaban J connectivity index is 1.93. The first-order chi connectivity index (χ1) is 10.1. The van der Waals surface area contributed by atoms with Crippen LogP contribution in [0.25, 0.3) is 0 Å². The second-order valence-corrected chi connectivity index (χ2v) is 5.64.